The summed E-state index contributed by atoms with van der Waals surface area (Å²) in [6.45, 7) is 9.93. The van der Waals surface area contributed by atoms with Gasteiger partial charge < -0.3 is 24.8 Å². The maximum Gasteiger partial charge on any atom is 0.213 e. The number of piperidine rings is 1. The summed E-state index contributed by atoms with van der Waals surface area (Å²) in [7, 11) is 0. The van der Waals surface area contributed by atoms with E-state index >= 15 is 0 Å². The van der Waals surface area contributed by atoms with E-state index < -0.39 is 5.79 Å². The number of hydrogen-bond donors (Lipinski definition) is 2. The smallest absolute Gasteiger partial charge is 0.213 e. The maximum absolute atomic E-state index is 8.88. The third-order valence-corrected chi connectivity index (χ3v) is 7.25. The summed E-state index contributed by atoms with van der Waals surface area (Å²) < 4.78 is 18.6. The van der Waals surface area contributed by atoms with Gasteiger partial charge in [-0.05, 0) is 62.4 Å². The third kappa shape index (κ3) is 4.79. The first-order valence-electron chi connectivity index (χ1n) is 12.4. The summed E-state index contributed by atoms with van der Waals surface area (Å²) in [5.74, 6) is 0.944. The molecule has 8 heteroatoms. The molecule has 1 saturated heterocycles. The summed E-state index contributed by atoms with van der Waals surface area (Å²) in [5.41, 5.74) is 12.3. The van der Waals surface area contributed by atoms with Gasteiger partial charge >= 0.3 is 0 Å². The minimum atomic E-state index is -0.537. The van der Waals surface area contributed by atoms with E-state index in [9.17, 15) is 0 Å². The van der Waals surface area contributed by atoms with Gasteiger partial charge in [-0.2, -0.15) is 10.2 Å². The first kappa shape index (κ1) is 24.2. The Morgan fingerprint density at radius 2 is 1.97 bits per heavy atom. The van der Waals surface area contributed by atoms with Crippen LogP contribution < -0.4 is 15.2 Å². The fourth-order valence-electron chi connectivity index (χ4n) is 4.84. The molecule has 1 aromatic heterocycles. The highest BCUT2D eigenvalue weighted by molar-refractivity contribution is 6.14. The van der Waals surface area contributed by atoms with Crippen LogP contribution in [0.25, 0.3) is 0 Å². The van der Waals surface area contributed by atoms with Crippen molar-refractivity contribution >= 4 is 11.4 Å². The topological polar surface area (TPSA) is 107 Å². The van der Waals surface area contributed by atoms with Gasteiger partial charge in [0.05, 0.1) is 24.2 Å². The predicted molar refractivity (Wildman–Crippen MR) is 139 cm³/mol. The number of hydrogen-bond acceptors (Lipinski definition) is 8. The first-order chi connectivity index (χ1) is 17.4. The highest BCUT2D eigenvalue weighted by Crippen LogP contribution is 2.38. The number of nitrogens with zero attached hydrogens (tertiary/aromatic N) is 3. The summed E-state index contributed by atoms with van der Waals surface area (Å²) in [4.78, 5) is 2.41. The Morgan fingerprint density at radius 1 is 1.17 bits per heavy atom. The third-order valence-electron chi connectivity index (χ3n) is 7.25. The Hall–Kier alpha value is -3.49. The van der Waals surface area contributed by atoms with Crippen molar-refractivity contribution in [3.05, 3.63) is 76.1 Å². The molecular weight excluding hydrogens is 454 g/mol. The number of ether oxygens (including phenoxy) is 3. The molecule has 0 amide bonds. The highest BCUT2D eigenvalue weighted by Gasteiger charge is 2.40. The molecule has 1 fully saturated rings. The lowest BCUT2D eigenvalue weighted by Crippen LogP contribution is -2.51. The van der Waals surface area contributed by atoms with E-state index in [4.69, 9.17) is 25.4 Å². The van der Waals surface area contributed by atoms with Crippen LogP contribution in [-0.2, 0) is 18.0 Å². The van der Waals surface area contributed by atoms with Crippen molar-refractivity contribution in [1.82, 2.24) is 15.1 Å². The Morgan fingerprint density at radius 3 is 2.72 bits per heavy atom. The first-order valence-corrected chi connectivity index (χ1v) is 12.4. The number of nitrogen functional groups attached to an aromatic ring is 1. The molecule has 3 heterocycles. The monoisotopic (exact) mass is 487 g/mol. The molecule has 3 N–H and O–H groups in total. The minimum Gasteiger partial charge on any atom is -0.489 e. The molecule has 0 atom stereocenters. The number of likely N-dealkylation sites (tertiary alicyclic amines) is 1. The van der Waals surface area contributed by atoms with Gasteiger partial charge in [-0.3, -0.25) is 5.41 Å². The summed E-state index contributed by atoms with van der Waals surface area (Å²) >= 11 is 0. The molecule has 0 unspecified atom stereocenters. The van der Waals surface area contributed by atoms with E-state index in [-0.39, 0.29) is 0 Å². The van der Waals surface area contributed by atoms with Gasteiger partial charge in [-0.15, -0.1) is 0 Å². The number of rotatable bonds is 6. The molecular formula is C28H33N5O3. The maximum atomic E-state index is 8.88. The van der Waals surface area contributed by atoms with Crippen molar-refractivity contribution in [1.29, 1.82) is 5.41 Å². The van der Waals surface area contributed by atoms with Crippen molar-refractivity contribution in [3.8, 4) is 11.5 Å². The molecule has 0 radical (unpaired) electrons. The van der Waals surface area contributed by atoms with Crippen LogP contribution in [0.2, 0.25) is 0 Å². The van der Waals surface area contributed by atoms with Crippen LogP contribution in [0, 0.1) is 19.3 Å². The second-order valence-corrected chi connectivity index (χ2v) is 9.56. The Bertz CT molecular complexity index is 1260. The molecule has 5 rings (SSSR count). The lowest BCUT2D eigenvalue weighted by Gasteiger charge is -2.43. The van der Waals surface area contributed by atoms with Crippen LogP contribution in [0.5, 0.6) is 11.5 Å². The van der Waals surface area contributed by atoms with Crippen molar-refractivity contribution in [3.63, 3.8) is 0 Å². The van der Waals surface area contributed by atoms with E-state index in [1.54, 1.807) is 12.3 Å². The molecule has 3 aromatic rings. The molecule has 0 bridgehead atoms. The molecule has 36 heavy (non-hydrogen) atoms. The van der Waals surface area contributed by atoms with Gasteiger partial charge in [0.2, 0.25) is 5.79 Å². The molecule has 2 aromatic carbocycles. The van der Waals surface area contributed by atoms with Gasteiger partial charge in [0, 0.05) is 53.9 Å². The summed E-state index contributed by atoms with van der Waals surface area (Å²) in [5, 5.41) is 17.0. The normalized spacial score (nSPS) is 16.9. The van der Waals surface area contributed by atoms with Gasteiger partial charge in [0.15, 0.2) is 0 Å². The van der Waals surface area contributed by atoms with Crippen LogP contribution in [0.1, 0.15) is 53.3 Å². The predicted octanol–water partition coefficient (Wildman–Crippen LogP) is 4.39. The standard InChI is InChI=1S/C28H33N5O3/c1-4-33-11-9-28(10-12-33)35-16-21-13-20(5-8-26(21)36-28)27(30)23-14-22(6-7-25(23)29)34-17-24-18(2)15-31-32-19(24)3/h5-8,13-15,30H,4,9-12,16-17,29H2,1-3H3. The van der Waals surface area contributed by atoms with E-state index in [1.165, 1.54) is 0 Å². The van der Waals surface area contributed by atoms with Crippen molar-refractivity contribution in [2.75, 3.05) is 25.4 Å². The van der Waals surface area contributed by atoms with E-state index in [2.05, 4.69) is 22.0 Å². The van der Waals surface area contributed by atoms with Crippen molar-refractivity contribution in [2.24, 2.45) is 0 Å². The summed E-state index contributed by atoms with van der Waals surface area (Å²) in [6.07, 6.45) is 3.45. The van der Waals surface area contributed by atoms with Crippen LogP contribution in [0.3, 0.4) is 0 Å². The van der Waals surface area contributed by atoms with Gasteiger partial charge in [0.25, 0.3) is 0 Å². The number of nitrogens with one attached hydrogen (secondary N) is 1. The largest absolute Gasteiger partial charge is 0.489 e. The molecule has 2 aliphatic heterocycles. The van der Waals surface area contributed by atoms with Gasteiger partial charge in [-0.1, -0.05) is 6.92 Å². The van der Waals surface area contributed by atoms with E-state index in [0.29, 0.717) is 35.9 Å². The zero-order valence-electron chi connectivity index (χ0n) is 21.1. The number of aromatic nitrogens is 2. The zero-order valence-corrected chi connectivity index (χ0v) is 21.1. The van der Waals surface area contributed by atoms with E-state index in [1.807, 2.05) is 44.2 Å². The second kappa shape index (κ2) is 9.87. The number of fused-ring (bicyclic) bond motifs is 1. The number of aryl methyl sites for hydroxylation is 2. The molecule has 8 nitrogen and oxygen atoms in total. The molecule has 0 saturated carbocycles. The average molecular weight is 488 g/mol. The zero-order chi connectivity index (χ0) is 25.3. The SMILES string of the molecule is CCN1CCC2(CC1)OCc1cc(C(=N)c3cc(OCc4c(C)cnnc4C)ccc3N)ccc1O2. The van der Waals surface area contributed by atoms with Gasteiger partial charge in [0.1, 0.15) is 18.1 Å². The molecule has 188 valence electrons. The molecule has 0 aliphatic carbocycles. The molecule has 2 aliphatic rings. The van der Waals surface area contributed by atoms with Crippen molar-refractivity contribution in [2.45, 2.75) is 52.6 Å². The van der Waals surface area contributed by atoms with Crippen molar-refractivity contribution < 1.29 is 14.2 Å². The van der Waals surface area contributed by atoms with Crippen LogP contribution in [-0.4, -0.2) is 46.2 Å². The van der Waals surface area contributed by atoms with Crippen LogP contribution in [0.15, 0.2) is 42.6 Å². The number of nitrogens with two attached hydrogens (primary N) is 1. The Labute approximate surface area is 211 Å². The fourth-order valence-corrected chi connectivity index (χ4v) is 4.84. The van der Waals surface area contributed by atoms with Crippen LogP contribution >= 0.6 is 0 Å². The summed E-state index contributed by atoms with van der Waals surface area (Å²) in [6, 6.07) is 11.3. The highest BCUT2D eigenvalue weighted by atomic mass is 16.7. The minimum absolute atomic E-state index is 0.329. The van der Waals surface area contributed by atoms with E-state index in [0.717, 1.165) is 66.2 Å². The number of benzene rings is 2. The lowest BCUT2D eigenvalue weighted by atomic mass is 9.97. The Balaban J connectivity index is 1.32. The average Bonchev–Trinajstić information content (AvgIpc) is 2.89. The quantitative estimate of drug-likeness (QED) is 0.392. The van der Waals surface area contributed by atoms with Crippen LogP contribution in [0.4, 0.5) is 5.69 Å². The molecule has 1 spiro atoms. The lowest BCUT2D eigenvalue weighted by molar-refractivity contribution is -0.227. The fraction of sp³-hybridized carbons (Fsp3) is 0.393. The Kier molecular flexibility index (Phi) is 6.64. The number of anilines is 1. The van der Waals surface area contributed by atoms with Gasteiger partial charge in [-0.25, -0.2) is 0 Å². The second-order valence-electron chi connectivity index (χ2n) is 9.56.